The number of rotatable bonds is 10. The van der Waals surface area contributed by atoms with Crippen LogP contribution in [0.4, 0.5) is 0 Å². The van der Waals surface area contributed by atoms with Crippen molar-refractivity contribution in [3.8, 4) is 0 Å². The second kappa shape index (κ2) is 8.64. The number of amides is 1. The van der Waals surface area contributed by atoms with E-state index in [2.05, 4.69) is 5.32 Å². The standard InChI is InChI=1S/C20H29NO5/c1-4-26-16-13-20(18(23)24,19(16,2)3)21-17(22)11-8-12-25-14-15-9-6-5-7-10-15/h5-7,9-10,16H,4,8,11-14H2,1-3H3,(H,21,22)(H,23,24). The number of ether oxygens (including phenoxy) is 2. The van der Waals surface area contributed by atoms with Crippen molar-refractivity contribution in [2.24, 2.45) is 5.41 Å². The fourth-order valence-corrected chi connectivity index (χ4v) is 3.44. The number of benzene rings is 1. The van der Waals surface area contributed by atoms with Crippen molar-refractivity contribution >= 4 is 11.9 Å². The highest BCUT2D eigenvalue weighted by Crippen LogP contribution is 2.51. The number of carboxylic acids is 1. The molecule has 1 aromatic rings. The van der Waals surface area contributed by atoms with Gasteiger partial charge in [0.15, 0.2) is 0 Å². The zero-order valence-electron chi connectivity index (χ0n) is 15.8. The molecule has 1 amide bonds. The quantitative estimate of drug-likeness (QED) is 0.625. The maximum Gasteiger partial charge on any atom is 0.330 e. The average molecular weight is 363 g/mol. The van der Waals surface area contributed by atoms with Crippen molar-refractivity contribution < 1.29 is 24.2 Å². The van der Waals surface area contributed by atoms with Crippen LogP contribution in [0.5, 0.6) is 0 Å². The number of nitrogens with one attached hydrogen (secondary N) is 1. The molecule has 2 unspecified atom stereocenters. The van der Waals surface area contributed by atoms with Crippen LogP contribution in [0.2, 0.25) is 0 Å². The molecular weight excluding hydrogens is 334 g/mol. The molecule has 0 heterocycles. The number of carboxylic acid groups (broad SMARTS) is 1. The van der Waals surface area contributed by atoms with Gasteiger partial charge < -0.3 is 19.9 Å². The lowest BCUT2D eigenvalue weighted by Gasteiger charge is -2.58. The Kier molecular flexibility index (Phi) is 6.78. The molecule has 2 atom stereocenters. The van der Waals surface area contributed by atoms with Crippen molar-refractivity contribution in [3.05, 3.63) is 35.9 Å². The molecule has 0 radical (unpaired) electrons. The lowest BCUT2D eigenvalue weighted by molar-refractivity contribution is -0.194. The molecule has 0 aliphatic heterocycles. The summed E-state index contributed by atoms with van der Waals surface area (Å²) in [4.78, 5) is 24.1. The molecule has 1 saturated carbocycles. The first kappa shape index (κ1) is 20.4. The Balaban J connectivity index is 1.77. The van der Waals surface area contributed by atoms with Gasteiger partial charge in [-0.1, -0.05) is 44.2 Å². The van der Waals surface area contributed by atoms with E-state index in [1.54, 1.807) is 0 Å². The third kappa shape index (κ3) is 4.24. The molecule has 1 fully saturated rings. The minimum atomic E-state index is -1.27. The topological polar surface area (TPSA) is 84.9 Å². The fraction of sp³-hybridized carbons (Fsp3) is 0.600. The monoisotopic (exact) mass is 363 g/mol. The van der Waals surface area contributed by atoms with E-state index in [4.69, 9.17) is 9.47 Å². The normalized spacial score (nSPS) is 23.9. The molecule has 0 aromatic heterocycles. The molecule has 1 aliphatic carbocycles. The Morgan fingerprint density at radius 1 is 1.27 bits per heavy atom. The van der Waals surface area contributed by atoms with Crippen LogP contribution in [0.15, 0.2) is 30.3 Å². The summed E-state index contributed by atoms with van der Waals surface area (Å²) in [6.07, 6.45) is 0.903. The summed E-state index contributed by atoms with van der Waals surface area (Å²) in [5.41, 5.74) is -0.844. The highest BCUT2D eigenvalue weighted by atomic mass is 16.5. The molecule has 1 aliphatic rings. The van der Waals surface area contributed by atoms with Crippen molar-refractivity contribution in [1.82, 2.24) is 5.32 Å². The van der Waals surface area contributed by atoms with Crippen molar-refractivity contribution in [2.75, 3.05) is 13.2 Å². The molecule has 0 saturated heterocycles. The number of carbonyl (C=O) groups is 2. The molecule has 2 rings (SSSR count). The van der Waals surface area contributed by atoms with Crippen molar-refractivity contribution in [1.29, 1.82) is 0 Å². The lowest BCUT2D eigenvalue weighted by Crippen LogP contribution is -2.76. The number of hydrogen-bond acceptors (Lipinski definition) is 4. The lowest BCUT2D eigenvalue weighted by atomic mass is 9.54. The Labute approximate surface area is 154 Å². The van der Waals surface area contributed by atoms with E-state index in [1.165, 1.54) is 0 Å². The fourth-order valence-electron chi connectivity index (χ4n) is 3.44. The average Bonchev–Trinajstić information content (AvgIpc) is 2.61. The van der Waals surface area contributed by atoms with Crippen molar-refractivity contribution in [3.63, 3.8) is 0 Å². The largest absolute Gasteiger partial charge is 0.479 e. The first-order valence-corrected chi connectivity index (χ1v) is 9.11. The summed E-state index contributed by atoms with van der Waals surface area (Å²) in [5.74, 6) is -1.27. The van der Waals surface area contributed by atoms with Gasteiger partial charge in [0, 0.05) is 31.5 Å². The number of aliphatic carboxylic acids is 1. The van der Waals surface area contributed by atoms with Crippen LogP contribution in [0.3, 0.4) is 0 Å². The Morgan fingerprint density at radius 2 is 1.96 bits per heavy atom. The SMILES string of the molecule is CCOC1CC(NC(=O)CCCOCc2ccccc2)(C(=O)O)C1(C)C. The van der Waals surface area contributed by atoms with E-state index < -0.39 is 16.9 Å². The molecule has 1 aromatic carbocycles. The van der Waals surface area contributed by atoms with E-state index in [9.17, 15) is 14.7 Å². The van der Waals surface area contributed by atoms with Gasteiger partial charge in [0.1, 0.15) is 5.54 Å². The van der Waals surface area contributed by atoms with Crippen LogP contribution in [0.25, 0.3) is 0 Å². The molecular formula is C20H29NO5. The number of hydrogen-bond donors (Lipinski definition) is 2. The third-order valence-electron chi connectivity index (χ3n) is 5.29. The summed E-state index contributed by atoms with van der Waals surface area (Å²) in [6, 6.07) is 9.82. The molecule has 6 heteroatoms. The smallest absolute Gasteiger partial charge is 0.330 e. The van der Waals surface area contributed by atoms with Gasteiger partial charge in [0.25, 0.3) is 0 Å². The van der Waals surface area contributed by atoms with Gasteiger partial charge in [0.05, 0.1) is 12.7 Å². The maximum absolute atomic E-state index is 12.3. The first-order valence-electron chi connectivity index (χ1n) is 9.11. The van der Waals surface area contributed by atoms with Gasteiger partial charge in [-0.15, -0.1) is 0 Å². The second-order valence-electron chi connectivity index (χ2n) is 7.27. The van der Waals surface area contributed by atoms with Gasteiger partial charge in [0.2, 0.25) is 5.91 Å². The van der Waals surface area contributed by atoms with Crippen LogP contribution < -0.4 is 5.32 Å². The maximum atomic E-state index is 12.3. The molecule has 144 valence electrons. The van der Waals surface area contributed by atoms with Crippen molar-refractivity contribution in [2.45, 2.75) is 58.3 Å². The third-order valence-corrected chi connectivity index (χ3v) is 5.29. The minimum Gasteiger partial charge on any atom is -0.479 e. The predicted molar refractivity (Wildman–Crippen MR) is 97.7 cm³/mol. The van der Waals surface area contributed by atoms with Crippen LogP contribution in [0.1, 0.15) is 45.6 Å². The van der Waals surface area contributed by atoms with E-state index in [-0.39, 0.29) is 18.4 Å². The minimum absolute atomic E-state index is 0.168. The van der Waals surface area contributed by atoms with Gasteiger partial charge in [-0.05, 0) is 18.9 Å². The Morgan fingerprint density at radius 3 is 2.54 bits per heavy atom. The van der Waals surface area contributed by atoms with Gasteiger partial charge >= 0.3 is 5.97 Å². The zero-order chi connectivity index (χ0) is 19.2. The van der Waals surface area contributed by atoms with Crippen LogP contribution >= 0.6 is 0 Å². The van der Waals surface area contributed by atoms with E-state index >= 15 is 0 Å². The molecule has 0 spiro atoms. The van der Waals surface area contributed by atoms with Gasteiger partial charge in [-0.2, -0.15) is 0 Å². The Hall–Kier alpha value is -1.92. The van der Waals surface area contributed by atoms with Gasteiger partial charge in [-0.25, -0.2) is 4.79 Å². The first-order chi connectivity index (χ1) is 12.3. The molecule has 6 nitrogen and oxygen atoms in total. The van der Waals surface area contributed by atoms with Gasteiger partial charge in [-0.3, -0.25) is 4.79 Å². The summed E-state index contributed by atoms with van der Waals surface area (Å²) in [7, 11) is 0. The second-order valence-corrected chi connectivity index (χ2v) is 7.27. The Bertz CT molecular complexity index is 616. The molecule has 2 N–H and O–H groups in total. The molecule has 26 heavy (non-hydrogen) atoms. The summed E-state index contributed by atoms with van der Waals surface area (Å²) >= 11 is 0. The van der Waals surface area contributed by atoms with Crippen LogP contribution in [-0.2, 0) is 25.7 Å². The van der Waals surface area contributed by atoms with E-state index in [0.29, 0.717) is 32.7 Å². The number of carbonyl (C=O) groups excluding carboxylic acids is 1. The highest BCUT2D eigenvalue weighted by molar-refractivity contribution is 5.89. The summed E-state index contributed by atoms with van der Waals surface area (Å²) < 4.78 is 11.2. The predicted octanol–water partition coefficient (Wildman–Crippen LogP) is 2.76. The summed E-state index contributed by atoms with van der Waals surface area (Å²) in [6.45, 7) is 7.02. The zero-order valence-corrected chi connectivity index (χ0v) is 15.8. The van der Waals surface area contributed by atoms with E-state index in [0.717, 1.165) is 5.56 Å². The highest BCUT2D eigenvalue weighted by Gasteiger charge is 2.66. The van der Waals surface area contributed by atoms with Crippen LogP contribution in [0, 0.1) is 5.41 Å². The van der Waals surface area contributed by atoms with E-state index in [1.807, 2.05) is 51.1 Å². The summed E-state index contributed by atoms with van der Waals surface area (Å²) in [5, 5.41) is 12.4. The molecule has 0 bridgehead atoms. The van der Waals surface area contributed by atoms with Crippen LogP contribution in [-0.4, -0.2) is 41.8 Å².